The Kier molecular flexibility index (Phi) is 6.88. The molecule has 1 amide bonds. The van der Waals surface area contributed by atoms with E-state index >= 15 is 0 Å². The fraction of sp³-hybridized carbons (Fsp3) is 0.172. The standard InChI is InChI=1S/C29H23F3N4O4/c1-16-26(17(2)40-35-16)22-12-18-13-23(27(37)34-20-9-7-19(8-10-20)29(30,31)32)28(38)36(24(18)14-25(22)39-3)15-21-6-4-5-11-33-21/h4-14H,15H2,1-3H3,(H,34,37). The van der Waals surface area contributed by atoms with E-state index in [2.05, 4.69) is 15.5 Å². The Balaban J connectivity index is 1.66. The first kappa shape index (κ1) is 26.7. The Bertz CT molecular complexity index is 1760. The van der Waals surface area contributed by atoms with E-state index < -0.39 is 23.2 Å². The molecule has 0 radical (unpaired) electrons. The number of methoxy groups -OCH3 is 1. The largest absolute Gasteiger partial charge is 0.496 e. The summed E-state index contributed by atoms with van der Waals surface area (Å²) in [5.74, 6) is 0.270. The van der Waals surface area contributed by atoms with Gasteiger partial charge in [-0.2, -0.15) is 13.2 Å². The van der Waals surface area contributed by atoms with Crippen molar-refractivity contribution < 1.29 is 27.2 Å². The highest BCUT2D eigenvalue weighted by Gasteiger charge is 2.30. The monoisotopic (exact) mass is 548 g/mol. The van der Waals surface area contributed by atoms with Gasteiger partial charge in [0.15, 0.2) is 0 Å². The predicted molar refractivity (Wildman–Crippen MR) is 142 cm³/mol. The van der Waals surface area contributed by atoms with Gasteiger partial charge in [0.2, 0.25) is 0 Å². The summed E-state index contributed by atoms with van der Waals surface area (Å²) in [6.07, 6.45) is -2.92. The highest BCUT2D eigenvalue weighted by molar-refractivity contribution is 6.06. The van der Waals surface area contributed by atoms with Gasteiger partial charge in [0.25, 0.3) is 11.5 Å². The third kappa shape index (κ3) is 5.05. The lowest BCUT2D eigenvalue weighted by Crippen LogP contribution is -2.30. The van der Waals surface area contributed by atoms with Crippen LogP contribution in [-0.2, 0) is 12.7 Å². The molecule has 0 bridgehead atoms. The lowest BCUT2D eigenvalue weighted by atomic mass is 9.99. The van der Waals surface area contributed by atoms with Gasteiger partial charge < -0.3 is 19.1 Å². The molecule has 1 N–H and O–H groups in total. The normalized spacial score (nSPS) is 11.6. The van der Waals surface area contributed by atoms with Crippen LogP contribution >= 0.6 is 0 Å². The molecular weight excluding hydrogens is 525 g/mol. The van der Waals surface area contributed by atoms with E-state index in [4.69, 9.17) is 9.26 Å². The Morgan fingerprint density at radius 3 is 2.42 bits per heavy atom. The molecule has 3 heterocycles. The average molecular weight is 549 g/mol. The number of amides is 1. The van der Waals surface area contributed by atoms with Crippen LogP contribution in [0, 0.1) is 13.8 Å². The van der Waals surface area contributed by atoms with Crippen LogP contribution in [0.1, 0.15) is 33.1 Å². The van der Waals surface area contributed by atoms with Crippen molar-refractivity contribution in [1.82, 2.24) is 14.7 Å². The van der Waals surface area contributed by atoms with E-state index in [0.717, 1.165) is 29.8 Å². The van der Waals surface area contributed by atoms with E-state index in [1.165, 1.54) is 17.7 Å². The van der Waals surface area contributed by atoms with Crippen molar-refractivity contribution in [1.29, 1.82) is 0 Å². The number of benzene rings is 2. The molecule has 3 aromatic heterocycles. The highest BCUT2D eigenvalue weighted by atomic mass is 19.4. The second kappa shape index (κ2) is 10.3. The van der Waals surface area contributed by atoms with Gasteiger partial charge in [-0.25, -0.2) is 0 Å². The summed E-state index contributed by atoms with van der Waals surface area (Å²) in [5, 5.41) is 7.10. The van der Waals surface area contributed by atoms with Gasteiger partial charge >= 0.3 is 6.18 Å². The number of carbonyl (C=O) groups excluding carboxylic acids is 1. The van der Waals surface area contributed by atoms with E-state index in [1.807, 2.05) is 0 Å². The quantitative estimate of drug-likeness (QED) is 0.280. The third-order valence-corrected chi connectivity index (χ3v) is 6.48. The van der Waals surface area contributed by atoms with E-state index in [-0.39, 0.29) is 17.8 Å². The molecule has 8 nitrogen and oxygen atoms in total. The predicted octanol–water partition coefficient (Wildman–Crippen LogP) is 6.00. The maximum absolute atomic E-state index is 13.7. The Labute approximate surface area is 226 Å². The lowest BCUT2D eigenvalue weighted by Gasteiger charge is -2.16. The van der Waals surface area contributed by atoms with Crippen LogP contribution in [0.5, 0.6) is 5.75 Å². The molecule has 40 heavy (non-hydrogen) atoms. The molecule has 0 fully saturated rings. The fourth-order valence-electron chi connectivity index (χ4n) is 4.55. The summed E-state index contributed by atoms with van der Waals surface area (Å²) >= 11 is 0. The molecule has 5 rings (SSSR count). The first-order valence-corrected chi connectivity index (χ1v) is 12.1. The van der Waals surface area contributed by atoms with Gasteiger partial charge in [0.1, 0.15) is 17.1 Å². The van der Waals surface area contributed by atoms with E-state index in [0.29, 0.717) is 39.4 Å². The summed E-state index contributed by atoms with van der Waals surface area (Å²) in [4.78, 5) is 31.3. The van der Waals surface area contributed by atoms with Crippen LogP contribution in [0.15, 0.2) is 76.2 Å². The molecule has 0 aliphatic heterocycles. The van der Waals surface area contributed by atoms with Crippen LogP contribution in [0.3, 0.4) is 0 Å². The smallest absolute Gasteiger partial charge is 0.416 e. The summed E-state index contributed by atoms with van der Waals surface area (Å²) in [5.41, 5.74) is 1.55. The summed E-state index contributed by atoms with van der Waals surface area (Å²) in [6.45, 7) is 3.62. The second-order valence-corrected chi connectivity index (χ2v) is 9.11. The zero-order valence-corrected chi connectivity index (χ0v) is 21.7. The van der Waals surface area contributed by atoms with Gasteiger partial charge in [-0.05, 0) is 62.4 Å². The van der Waals surface area contributed by atoms with Crippen LogP contribution in [0.25, 0.3) is 22.0 Å². The molecule has 204 valence electrons. The number of carbonyl (C=O) groups is 1. The Hall–Kier alpha value is -4.93. The number of anilines is 1. The molecular formula is C29H23F3N4O4. The van der Waals surface area contributed by atoms with Crippen molar-refractivity contribution >= 4 is 22.5 Å². The maximum Gasteiger partial charge on any atom is 0.416 e. The number of nitrogens with zero attached hydrogens (tertiary/aromatic N) is 3. The number of aryl methyl sites for hydroxylation is 2. The maximum atomic E-state index is 13.7. The fourth-order valence-corrected chi connectivity index (χ4v) is 4.55. The number of nitrogens with one attached hydrogen (secondary N) is 1. The van der Waals surface area contributed by atoms with Crippen LogP contribution in [0.2, 0.25) is 0 Å². The number of ether oxygens (including phenoxy) is 1. The van der Waals surface area contributed by atoms with Crippen molar-refractivity contribution in [2.45, 2.75) is 26.6 Å². The highest BCUT2D eigenvalue weighted by Crippen LogP contribution is 2.38. The van der Waals surface area contributed by atoms with E-state index in [1.54, 1.807) is 50.4 Å². The first-order valence-electron chi connectivity index (χ1n) is 12.1. The Morgan fingerprint density at radius 2 is 1.82 bits per heavy atom. The zero-order chi connectivity index (χ0) is 28.6. The Morgan fingerprint density at radius 1 is 1.07 bits per heavy atom. The minimum atomic E-state index is -4.51. The second-order valence-electron chi connectivity index (χ2n) is 9.11. The van der Waals surface area contributed by atoms with Gasteiger partial charge in [0.05, 0.1) is 41.7 Å². The van der Waals surface area contributed by atoms with Gasteiger partial charge in [-0.3, -0.25) is 14.6 Å². The van der Waals surface area contributed by atoms with Crippen molar-refractivity contribution in [2.24, 2.45) is 0 Å². The zero-order valence-electron chi connectivity index (χ0n) is 21.7. The van der Waals surface area contributed by atoms with Crippen LogP contribution in [-0.4, -0.2) is 27.7 Å². The lowest BCUT2D eigenvalue weighted by molar-refractivity contribution is -0.137. The summed E-state index contributed by atoms with van der Waals surface area (Å²) in [7, 11) is 1.51. The number of halogens is 3. The molecule has 0 aliphatic rings. The number of alkyl halides is 3. The molecule has 2 aromatic carbocycles. The van der Waals surface area contributed by atoms with E-state index in [9.17, 15) is 22.8 Å². The van der Waals surface area contributed by atoms with Gasteiger partial charge in [-0.1, -0.05) is 11.2 Å². The number of rotatable bonds is 6. The molecule has 0 aliphatic carbocycles. The van der Waals surface area contributed by atoms with Crippen molar-refractivity contribution in [3.8, 4) is 16.9 Å². The average Bonchev–Trinajstić information content (AvgIpc) is 3.27. The van der Waals surface area contributed by atoms with Gasteiger partial charge in [0, 0.05) is 28.9 Å². The number of hydrogen-bond donors (Lipinski definition) is 1. The molecule has 5 aromatic rings. The van der Waals surface area contributed by atoms with Gasteiger partial charge in [-0.15, -0.1) is 0 Å². The van der Waals surface area contributed by atoms with Crippen LogP contribution < -0.4 is 15.6 Å². The SMILES string of the molecule is COc1cc2c(cc1-c1c(C)noc1C)cc(C(=O)Nc1ccc(C(F)(F)F)cc1)c(=O)n2Cc1ccccn1. The summed E-state index contributed by atoms with van der Waals surface area (Å²) < 4.78 is 51.3. The number of fused-ring (bicyclic) bond motifs is 1. The number of aromatic nitrogens is 3. The van der Waals surface area contributed by atoms with Crippen LogP contribution in [0.4, 0.5) is 18.9 Å². The van der Waals surface area contributed by atoms with Crippen molar-refractivity contribution in [3.63, 3.8) is 0 Å². The molecule has 0 saturated heterocycles. The minimum Gasteiger partial charge on any atom is -0.496 e. The molecule has 0 unspecified atom stereocenters. The molecule has 0 saturated carbocycles. The molecule has 0 spiro atoms. The number of hydrogen-bond acceptors (Lipinski definition) is 6. The first-order chi connectivity index (χ1) is 19.1. The topological polar surface area (TPSA) is 99.3 Å². The molecule has 0 atom stereocenters. The number of pyridine rings is 2. The minimum absolute atomic E-state index is 0.0609. The van der Waals surface area contributed by atoms with Crippen molar-refractivity contribution in [2.75, 3.05) is 12.4 Å². The molecule has 11 heteroatoms. The third-order valence-electron chi connectivity index (χ3n) is 6.48. The summed E-state index contributed by atoms with van der Waals surface area (Å²) in [6, 6.07) is 14.2. The van der Waals surface area contributed by atoms with Crippen molar-refractivity contribution in [3.05, 3.63) is 105 Å².